The average molecular weight is 178 g/mol. The zero-order chi connectivity index (χ0) is 9.42. The number of azo groups is 1. The molecule has 0 aromatic rings. The van der Waals surface area contributed by atoms with Crippen molar-refractivity contribution in [1.82, 2.24) is 5.01 Å². The molecule has 1 unspecified atom stereocenters. The Bertz CT molecular complexity index is 301. The van der Waals surface area contributed by atoms with Gasteiger partial charge in [0.05, 0.1) is 18.0 Å². The van der Waals surface area contributed by atoms with E-state index in [1.165, 1.54) is 0 Å². The van der Waals surface area contributed by atoms with Crippen molar-refractivity contribution in [1.29, 1.82) is 0 Å². The van der Waals surface area contributed by atoms with Crippen molar-refractivity contribution in [3.63, 3.8) is 0 Å². The van der Waals surface area contributed by atoms with E-state index in [2.05, 4.69) is 35.3 Å². The topological polar surface area (TPSA) is 40.3 Å². The van der Waals surface area contributed by atoms with Gasteiger partial charge < -0.3 is 0 Å². The fraction of sp³-hybridized carbons (Fsp3) is 0.667. The Morgan fingerprint density at radius 1 is 1.54 bits per heavy atom. The van der Waals surface area contributed by atoms with E-state index in [1.54, 1.807) is 0 Å². The Hall–Kier alpha value is -1.19. The van der Waals surface area contributed by atoms with Crippen LogP contribution >= 0.6 is 0 Å². The molecule has 0 aromatic heterocycles. The predicted molar refractivity (Wildman–Crippen MR) is 51.6 cm³/mol. The molecule has 2 rings (SSSR count). The fourth-order valence-corrected chi connectivity index (χ4v) is 1.51. The molecule has 0 amide bonds. The minimum Gasteiger partial charge on any atom is -0.289 e. The molecule has 0 N–H and O–H groups in total. The van der Waals surface area contributed by atoms with Crippen LogP contribution in [-0.4, -0.2) is 30.4 Å². The van der Waals surface area contributed by atoms with Crippen LogP contribution in [0.1, 0.15) is 13.8 Å². The van der Waals surface area contributed by atoms with Crippen LogP contribution in [0.4, 0.5) is 0 Å². The molecule has 4 nitrogen and oxygen atoms in total. The molecule has 2 aliphatic rings. The molecule has 4 heteroatoms. The molecule has 70 valence electrons. The van der Waals surface area contributed by atoms with Crippen LogP contribution < -0.4 is 0 Å². The summed E-state index contributed by atoms with van der Waals surface area (Å²) in [5, 5.41) is 14.6. The van der Waals surface area contributed by atoms with Crippen molar-refractivity contribution in [2.45, 2.75) is 19.9 Å². The normalized spacial score (nSPS) is 26.2. The lowest BCUT2D eigenvalue weighted by atomic mass is 10.0. The van der Waals surface area contributed by atoms with Gasteiger partial charge in [-0.2, -0.15) is 15.3 Å². The highest BCUT2D eigenvalue weighted by molar-refractivity contribution is 5.97. The van der Waals surface area contributed by atoms with Gasteiger partial charge in [0.25, 0.3) is 0 Å². The van der Waals surface area contributed by atoms with Crippen LogP contribution in [0.25, 0.3) is 0 Å². The summed E-state index contributed by atoms with van der Waals surface area (Å²) >= 11 is 0. The second kappa shape index (κ2) is 2.94. The molecular weight excluding hydrogens is 164 g/mol. The van der Waals surface area contributed by atoms with Gasteiger partial charge >= 0.3 is 0 Å². The van der Waals surface area contributed by atoms with E-state index in [-0.39, 0.29) is 6.04 Å². The Morgan fingerprint density at radius 2 is 2.31 bits per heavy atom. The third-order valence-corrected chi connectivity index (χ3v) is 2.39. The third-order valence-electron chi connectivity index (χ3n) is 2.39. The van der Waals surface area contributed by atoms with E-state index in [1.807, 2.05) is 12.1 Å². The van der Waals surface area contributed by atoms with Crippen LogP contribution in [0.5, 0.6) is 0 Å². The number of allylic oxidation sites excluding steroid dienone is 1. The molecule has 0 aliphatic carbocycles. The monoisotopic (exact) mass is 178 g/mol. The largest absolute Gasteiger partial charge is 0.289 e. The quantitative estimate of drug-likeness (QED) is 0.602. The zero-order valence-corrected chi connectivity index (χ0v) is 8.23. The van der Waals surface area contributed by atoms with Crippen LogP contribution in [0, 0.1) is 5.92 Å². The van der Waals surface area contributed by atoms with Crippen molar-refractivity contribution < 1.29 is 0 Å². The third kappa shape index (κ3) is 1.36. The highest BCUT2D eigenvalue weighted by atomic mass is 15.5. The maximum atomic E-state index is 4.48. The summed E-state index contributed by atoms with van der Waals surface area (Å²) in [7, 11) is 1.98. The van der Waals surface area contributed by atoms with Crippen LogP contribution in [0.3, 0.4) is 0 Å². The lowest BCUT2D eigenvalue weighted by Gasteiger charge is -2.26. The Balaban J connectivity index is 2.30. The number of hydrogen-bond donors (Lipinski definition) is 0. The van der Waals surface area contributed by atoms with E-state index in [0.29, 0.717) is 5.92 Å². The first-order valence-corrected chi connectivity index (χ1v) is 4.59. The number of hydrogen-bond acceptors (Lipinski definition) is 4. The average Bonchev–Trinajstić information content (AvgIpc) is 2.51. The van der Waals surface area contributed by atoms with E-state index in [4.69, 9.17) is 0 Å². The lowest BCUT2D eigenvalue weighted by molar-refractivity contribution is 0.294. The maximum absolute atomic E-state index is 4.48. The summed E-state index contributed by atoms with van der Waals surface area (Å²) in [5.74, 6) is 0.451. The second-order valence-corrected chi connectivity index (χ2v) is 3.76. The number of fused-ring (bicyclic) bond motifs is 1. The van der Waals surface area contributed by atoms with Crippen molar-refractivity contribution >= 4 is 5.71 Å². The fourth-order valence-electron chi connectivity index (χ4n) is 1.51. The minimum atomic E-state index is 0.280. The van der Waals surface area contributed by atoms with Gasteiger partial charge in [0, 0.05) is 7.05 Å². The molecule has 0 spiro atoms. The molecule has 13 heavy (non-hydrogen) atoms. The van der Waals surface area contributed by atoms with Gasteiger partial charge in [-0.05, 0) is 12.0 Å². The number of rotatable bonds is 1. The summed E-state index contributed by atoms with van der Waals surface area (Å²) in [6.45, 7) is 5.02. The molecule has 0 fully saturated rings. The second-order valence-electron chi connectivity index (χ2n) is 3.76. The van der Waals surface area contributed by atoms with Gasteiger partial charge in [0.15, 0.2) is 0 Å². The van der Waals surface area contributed by atoms with Crippen LogP contribution in [-0.2, 0) is 0 Å². The lowest BCUT2D eigenvalue weighted by Crippen LogP contribution is -2.34. The van der Waals surface area contributed by atoms with Crippen LogP contribution in [0.15, 0.2) is 27.1 Å². The zero-order valence-electron chi connectivity index (χ0n) is 8.23. The Labute approximate surface area is 78.0 Å². The van der Waals surface area contributed by atoms with Crippen molar-refractivity contribution in [3.8, 4) is 0 Å². The predicted octanol–water partition coefficient (Wildman–Crippen LogP) is 1.66. The minimum absolute atomic E-state index is 0.280. The first-order chi connectivity index (χ1) is 6.18. The number of likely N-dealkylation sites (N-methyl/N-ethyl adjacent to an activating group) is 1. The van der Waals surface area contributed by atoms with E-state index in [0.717, 1.165) is 18.0 Å². The highest BCUT2D eigenvalue weighted by Gasteiger charge is 2.27. The van der Waals surface area contributed by atoms with Crippen molar-refractivity contribution in [2.75, 3.05) is 13.6 Å². The van der Waals surface area contributed by atoms with Crippen molar-refractivity contribution in [3.05, 3.63) is 11.8 Å². The molecule has 0 saturated heterocycles. The van der Waals surface area contributed by atoms with Crippen LogP contribution in [0.2, 0.25) is 0 Å². The molecule has 0 radical (unpaired) electrons. The summed E-state index contributed by atoms with van der Waals surface area (Å²) in [6.07, 6.45) is 2.06. The number of hydrazone groups is 1. The SMILES string of the molecule is CC(C)C1=NN(C)C2CN=NC2=C1. The molecule has 0 bridgehead atoms. The standard InChI is InChI=1S/C9H14N4/c1-6(2)7-4-8-9(5-10-11-8)13(3)12-7/h4,6,9H,5H2,1-3H3. The van der Waals surface area contributed by atoms with E-state index >= 15 is 0 Å². The first-order valence-electron chi connectivity index (χ1n) is 4.59. The first kappa shape index (κ1) is 8.41. The summed E-state index contributed by atoms with van der Waals surface area (Å²) in [6, 6.07) is 0.280. The molecule has 1 atom stereocenters. The number of nitrogens with zero attached hydrogens (tertiary/aromatic N) is 4. The summed E-state index contributed by atoms with van der Waals surface area (Å²) < 4.78 is 0. The van der Waals surface area contributed by atoms with E-state index in [9.17, 15) is 0 Å². The molecule has 2 heterocycles. The Morgan fingerprint density at radius 3 is 3.00 bits per heavy atom. The molecule has 2 aliphatic heterocycles. The van der Waals surface area contributed by atoms with Gasteiger partial charge in [0.2, 0.25) is 0 Å². The van der Waals surface area contributed by atoms with Gasteiger partial charge in [-0.25, -0.2) is 0 Å². The van der Waals surface area contributed by atoms with Crippen molar-refractivity contribution in [2.24, 2.45) is 21.2 Å². The Kier molecular flexibility index (Phi) is 1.90. The summed E-state index contributed by atoms with van der Waals surface area (Å²) in [5.41, 5.74) is 2.15. The molecule has 0 aromatic carbocycles. The van der Waals surface area contributed by atoms with Gasteiger partial charge in [-0.15, -0.1) is 0 Å². The molecule has 0 saturated carbocycles. The van der Waals surface area contributed by atoms with E-state index < -0.39 is 0 Å². The maximum Gasteiger partial charge on any atom is 0.112 e. The van der Waals surface area contributed by atoms with Gasteiger partial charge in [0.1, 0.15) is 6.04 Å². The molecular formula is C9H14N4. The summed E-state index contributed by atoms with van der Waals surface area (Å²) in [4.78, 5) is 0. The van der Waals surface area contributed by atoms with Gasteiger partial charge in [-0.3, -0.25) is 5.01 Å². The smallest absolute Gasteiger partial charge is 0.112 e. The van der Waals surface area contributed by atoms with Gasteiger partial charge in [-0.1, -0.05) is 13.8 Å². The highest BCUT2D eigenvalue weighted by Crippen LogP contribution is 2.23.